The van der Waals surface area contributed by atoms with Crippen molar-refractivity contribution < 1.29 is 0 Å². The molecule has 1 unspecified atom stereocenters. The first-order valence-corrected chi connectivity index (χ1v) is 5.72. The molecule has 0 aromatic carbocycles. The number of thioether (sulfide) groups is 1. The predicted octanol–water partition coefficient (Wildman–Crippen LogP) is 0.547. The van der Waals surface area contributed by atoms with E-state index in [0.717, 1.165) is 9.47 Å². The zero-order chi connectivity index (χ0) is 10.6. The highest BCUT2D eigenvalue weighted by Crippen LogP contribution is 2.26. The van der Waals surface area contributed by atoms with Gasteiger partial charge in [0.1, 0.15) is 6.04 Å². The van der Waals surface area contributed by atoms with E-state index in [1.807, 2.05) is 25.1 Å². The van der Waals surface area contributed by atoms with Crippen LogP contribution in [0.25, 0.3) is 0 Å². The van der Waals surface area contributed by atoms with Gasteiger partial charge in [-0.3, -0.25) is 0 Å². The Hall–Kier alpha value is -0.840. The van der Waals surface area contributed by atoms with Crippen molar-refractivity contribution in [1.82, 2.24) is 10.2 Å². The van der Waals surface area contributed by atoms with Crippen LogP contribution in [0.4, 0.5) is 5.13 Å². The monoisotopic (exact) mass is 229 g/mol. The SMILES string of the molecule is CN(C)c1nnc(SCC(N)C#N)s1. The van der Waals surface area contributed by atoms with Crippen molar-refractivity contribution in [1.29, 1.82) is 5.26 Å². The maximum atomic E-state index is 8.48. The van der Waals surface area contributed by atoms with Crippen LogP contribution in [0.1, 0.15) is 0 Å². The van der Waals surface area contributed by atoms with Gasteiger partial charge in [0.25, 0.3) is 0 Å². The fourth-order valence-corrected chi connectivity index (χ4v) is 2.30. The second-order valence-corrected chi connectivity index (χ2v) is 5.01. The third kappa shape index (κ3) is 3.14. The predicted molar refractivity (Wildman–Crippen MR) is 58.5 cm³/mol. The number of rotatable bonds is 4. The molecule has 0 radical (unpaired) electrons. The van der Waals surface area contributed by atoms with Gasteiger partial charge in [-0.1, -0.05) is 23.1 Å². The van der Waals surface area contributed by atoms with Crippen LogP contribution in [-0.2, 0) is 0 Å². The molecular formula is C7H11N5S2. The Morgan fingerprint density at radius 2 is 2.36 bits per heavy atom. The van der Waals surface area contributed by atoms with E-state index in [1.54, 1.807) is 0 Å². The van der Waals surface area contributed by atoms with Gasteiger partial charge in [-0.15, -0.1) is 10.2 Å². The summed E-state index contributed by atoms with van der Waals surface area (Å²) in [6, 6.07) is 1.53. The number of hydrogen-bond donors (Lipinski definition) is 1. The molecule has 1 heterocycles. The van der Waals surface area contributed by atoms with Crippen molar-refractivity contribution in [2.45, 2.75) is 10.4 Å². The molecule has 5 nitrogen and oxygen atoms in total. The van der Waals surface area contributed by atoms with Gasteiger partial charge in [-0.2, -0.15) is 5.26 Å². The summed E-state index contributed by atoms with van der Waals surface area (Å²) in [5.74, 6) is 0.554. The first-order valence-electron chi connectivity index (χ1n) is 3.92. The largest absolute Gasteiger partial charge is 0.353 e. The fraction of sp³-hybridized carbons (Fsp3) is 0.571. The normalized spacial score (nSPS) is 12.1. The lowest BCUT2D eigenvalue weighted by Gasteiger charge is -2.03. The Morgan fingerprint density at radius 1 is 1.64 bits per heavy atom. The number of anilines is 1. The van der Waals surface area contributed by atoms with Crippen LogP contribution in [0.2, 0.25) is 0 Å². The molecule has 0 aliphatic rings. The standard InChI is InChI=1S/C7H11N5S2/c1-12(2)6-10-11-7(14-6)13-4-5(9)3-8/h5H,4,9H2,1-2H3. The quantitative estimate of drug-likeness (QED) is 0.759. The van der Waals surface area contributed by atoms with E-state index in [0.29, 0.717) is 5.75 Å². The zero-order valence-electron chi connectivity index (χ0n) is 7.97. The summed E-state index contributed by atoms with van der Waals surface area (Å²) in [6.45, 7) is 0. The average Bonchev–Trinajstić information content (AvgIpc) is 2.62. The van der Waals surface area contributed by atoms with Crippen molar-refractivity contribution in [3.8, 4) is 6.07 Å². The third-order valence-electron chi connectivity index (χ3n) is 1.33. The van der Waals surface area contributed by atoms with Crippen LogP contribution >= 0.6 is 23.1 Å². The van der Waals surface area contributed by atoms with E-state index in [2.05, 4.69) is 10.2 Å². The number of aromatic nitrogens is 2. The average molecular weight is 229 g/mol. The fourth-order valence-electron chi connectivity index (χ4n) is 0.640. The molecule has 14 heavy (non-hydrogen) atoms. The Labute approximate surface area is 90.9 Å². The molecule has 1 rings (SSSR count). The molecule has 2 N–H and O–H groups in total. The number of hydrogen-bond acceptors (Lipinski definition) is 7. The lowest BCUT2D eigenvalue weighted by molar-refractivity contribution is 0.943. The maximum Gasteiger partial charge on any atom is 0.208 e. The van der Waals surface area contributed by atoms with E-state index >= 15 is 0 Å². The van der Waals surface area contributed by atoms with Crippen molar-refractivity contribution >= 4 is 28.2 Å². The molecule has 0 fully saturated rings. The lowest BCUT2D eigenvalue weighted by Crippen LogP contribution is -2.19. The Morgan fingerprint density at radius 3 is 2.86 bits per heavy atom. The molecule has 0 amide bonds. The van der Waals surface area contributed by atoms with Crippen LogP contribution in [0, 0.1) is 11.3 Å². The van der Waals surface area contributed by atoms with E-state index in [1.165, 1.54) is 23.1 Å². The number of nitrogens with zero attached hydrogens (tertiary/aromatic N) is 4. The molecule has 7 heteroatoms. The minimum Gasteiger partial charge on any atom is -0.353 e. The van der Waals surface area contributed by atoms with Gasteiger partial charge in [0.15, 0.2) is 4.34 Å². The molecule has 1 aromatic rings. The highest BCUT2D eigenvalue weighted by molar-refractivity contribution is 8.01. The van der Waals surface area contributed by atoms with Crippen LogP contribution in [0.5, 0.6) is 0 Å². The second-order valence-electron chi connectivity index (χ2n) is 2.79. The van der Waals surface area contributed by atoms with E-state index in [9.17, 15) is 0 Å². The highest BCUT2D eigenvalue weighted by atomic mass is 32.2. The summed E-state index contributed by atoms with van der Waals surface area (Å²) in [5.41, 5.74) is 5.45. The first-order chi connectivity index (χ1) is 6.63. The third-order valence-corrected chi connectivity index (χ3v) is 3.67. The summed E-state index contributed by atoms with van der Waals surface area (Å²) in [6.07, 6.45) is 0. The molecule has 0 aliphatic heterocycles. The van der Waals surface area contributed by atoms with Gasteiger partial charge in [0, 0.05) is 19.8 Å². The summed E-state index contributed by atoms with van der Waals surface area (Å²) in [4.78, 5) is 1.89. The Bertz CT molecular complexity index is 329. The Kier molecular flexibility index (Phi) is 4.13. The molecule has 0 saturated carbocycles. The molecular weight excluding hydrogens is 218 g/mol. The highest BCUT2D eigenvalue weighted by Gasteiger charge is 2.08. The topological polar surface area (TPSA) is 78.8 Å². The maximum absolute atomic E-state index is 8.48. The molecule has 0 spiro atoms. The molecule has 1 atom stereocenters. The van der Waals surface area contributed by atoms with E-state index in [-0.39, 0.29) is 0 Å². The summed E-state index contributed by atoms with van der Waals surface area (Å²) in [7, 11) is 3.83. The van der Waals surface area contributed by atoms with Gasteiger partial charge in [0.05, 0.1) is 6.07 Å². The van der Waals surface area contributed by atoms with Gasteiger partial charge in [0.2, 0.25) is 5.13 Å². The molecule has 0 aliphatic carbocycles. The summed E-state index contributed by atoms with van der Waals surface area (Å²) >= 11 is 2.96. The second kappa shape index (κ2) is 5.14. The van der Waals surface area contributed by atoms with Crippen molar-refractivity contribution in [3.63, 3.8) is 0 Å². The van der Waals surface area contributed by atoms with Crippen molar-refractivity contribution in [3.05, 3.63) is 0 Å². The van der Waals surface area contributed by atoms with Crippen LogP contribution in [0.3, 0.4) is 0 Å². The molecule has 0 saturated heterocycles. The van der Waals surface area contributed by atoms with Gasteiger partial charge >= 0.3 is 0 Å². The summed E-state index contributed by atoms with van der Waals surface area (Å²) in [5, 5.41) is 17.3. The minimum absolute atomic E-state index is 0.438. The smallest absolute Gasteiger partial charge is 0.208 e. The van der Waals surface area contributed by atoms with Crippen molar-refractivity contribution in [2.24, 2.45) is 5.73 Å². The van der Waals surface area contributed by atoms with Crippen LogP contribution < -0.4 is 10.6 Å². The minimum atomic E-state index is -0.438. The van der Waals surface area contributed by atoms with Gasteiger partial charge in [-0.25, -0.2) is 0 Å². The van der Waals surface area contributed by atoms with Gasteiger partial charge < -0.3 is 10.6 Å². The molecule has 1 aromatic heterocycles. The van der Waals surface area contributed by atoms with Crippen LogP contribution in [-0.4, -0.2) is 36.1 Å². The van der Waals surface area contributed by atoms with E-state index in [4.69, 9.17) is 11.0 Å². The van der Waals surface area contributed by atoms with E-state index < -0.39 is 6.04 Å². The zero-order valence-corrected chi connectivity index (χ0v) is 9.60. The van der Waals surface area contributed by atoms with Crippen LogP contribution in [0.15, 0.2) is 4.34 Å². The number of nitrogens with two attached hydrogens (primary N) is 1. The Balaban J connectivity index is 2.49. The molecule has 0 bridgehead atoms. The molecule has 76 valence electrons. The van der Waals surface area contributed by atoms with Gasteiger partial charge in [-0.05, 0) is 0 Å². The summed E-state index contributed by atoms with van der Waals surface area (Å²) < 4.78 is 0.847. The first kappa shape index (κ1) is 11.2. The number of nitriles is 1. The lowest BCUT2D eigenvalue weighted by atomic mass is 10.4. The van der Waals surface area contributed by atoms with Crippen molar-refractivity contribution in [2.75, 3.05) is 24.7 Å².